The largest absolute Gasteiger partial charge is 0.466 e. The van der Waals surface area contributed by atoms with E-state index in [0.29, 0.717) is 43.6 Å². The summed E-state index contributed by atoms with van der Waals surface area (Å²) < 4.78 is 26.5. The maximum absolute atomic E-state index is 15.5. The molecule has 0 spiro atoms. The molecule has 0 amide bonds. The number of esters is 2. The lowest BCUT2D eigenvalue weighted by Gasteiger charge is -2.34. The second-order valence-electron chi connectivity index (χ2n) is 11.7. The van der Waals surface area contributed by atoms with E-state index >= 15 is 4.39 Å². The fourth-order valence-corrected chi connectivity index (χ4v) is 5.54. The fourth-order valence-electron chi connectivity index (χ4n) is 5.54. The quantitative estimate of drug-likeness (QED) is 0.152. The van der Waals surface area contributed by atoms with Crippen molar-refractivity contribution in [2.24, 2.45) is 5.41 Å². The zero-order valence-electron chi connectivity index (χ0n) is 25.9. The highest BCUT2D eigenvalue weighted by atomic mass is 19.1. The molecule has 2 aromatic carbocycles. The Morgan fingerprint density at radius 2 is 1.63 bits per heavy atom. The van der Waals surface area contributed by atoms with Crippen molar-refractivity contribution in [1.29, 1.82) is 0 Å². The number of benzene rings is 2. The zero-order chi connectivity index (χ0) is 31.7. The van der Waals surface area contributed by atoms with Crippen LogP contribution in [-0.4, -0.2) is 49.1 Å². The van der Waals surface area contributed by atoms with Gasteiger partial charge >= 0.3 is 11.9 Å². The van der Waals surface area contributed by atoms with Crippen molar-refractivity contribution in [3.63, 3.8) is 0 Å². The summed E-state index contributed by atoms with van der Waals surface area (Å²) >= 11 is 0. The highest BCUT2D eigenvalue weighted by molar-refractivity contribution is 6.00. The molecule has 9 nitrogen and oxygen atoms in total. The predicted molar refractivity (Wildman–Crippen MR) is 162 cm³/mol. The Kier molecular flexibility index (Phi) is 11.6. The van der Waals surface area contributed by atoms with Gasteiger partial charge in [-0.15, -0.1) is 0 Å². The van der Waals surface area contributed by atoms with E-state index in [9.17, 15) is 19.7 Å². The Morgan fingerprint density at radius 1 is 1.02 bits per heavy atom. The molecule has 0 fully saturated rings. The van der Waals surface area contributed by atoms with Crippen LogP contribution in [0.15, 0.2) is 71.1 Å². The molecule has 0 saturated carbocycles. The van der Waals surface area contributed by atoms with Gasteiger partial charge in [0.15, 0.2) is 0 Å². The molecular formula is C33H42FN3O6. The molecule has 232 valence electrons. The summed E-state index contributed by atoms with van der Waals surface area (Å²) in [4.78, 5) is 40.4. The first-order chi connectivity index (χ1) is 20.4. The molecule has 43 heavy (non-hydrogen) atoms. The third-order valence-corrected chi connectivity index (χ3v) is 7.24. The lowest BCUT2D eigenvalue weighted by atomic mass is 9.78. The summed E-state index contributed by atoms with van der Waals surface area (Å²) in [6.45, 7) is 9.22. The van der Waals surface area contributed by atoms with Crippen LogP contribution in [0.3, 0.4) is 0 Å². The van der Waals surface area contributed by atoms with Crippen LogP contribution < -0.4 is 5.32 Å². The van der Waals surface area contributed by atoms with Gasteiger partial charge in [0, 0.05) is 47.6 Å². The highest BCUT2D eigenvalue weighted by Crippen LogP contribution is 2.43. The van der Waals surface area contributed by atoms with Gasteiger partial charge in [0.2, 0.25) is 0 Å². The van der Waals surface area contributed by atoms with Crippen LogP contribution in [0.2, 0.25) is 0 Å². The molecule has 1 aliphatic rings. The van der Waals surface area contributed by atoms with Gasteiger partial charge in [0.25, 0.3) is 5.69 Å². The van der Waals surface area contributed by atoms with Crippen molar-refractivity contribution in [1.82, 2.24) is 10.2 Å². The molecule has 3 rings (SSSR count). The van der Waals surface area contributed by atoms with Gasteiger partial charge in [-0.3, -0.25) is 10.1 Å². The molecule has 10 heteroatoms. The monoisotopic (exact) mass is 595 g/mol. The molecule has 1 atom stereocenters. The Hall–Kier alpha value is -4.05. The Bertz CT molecular complexity index is 1390. The number of allylic oxidation sites excluding steroid dienone is 2. The van der Waals surface area contributed by atoms with Crippen LogP contribution in [0.4, 0.5) is 10.1 Å². The number of carbonyl (C=O) groups is 2. The molecule has 2 aromatic rings. The Morgan fingerprint density at radius 3 is 2.19 bits per heavy atom. The number of dihydropyridines is 1. The van der Waals surface area contributed by atoms with Crippen LogP contribution in [0.5, 0.6) is 0 Å². The summed E-state index contributed by atoms with van der Waals surface area (Å²) in [7, 11) is 3.20. The number of nitro groups is 1. The minimum absolute atomic E-state index is 0.0393. The van der Waals surface area contributed by atoms with Crippen LogP contribution in [-0.2, 0) is 25.6 Å². The zero-order valence-corrected chi connectivity index (χ0v) is 25.9. The molecule has 0 saturated heterocycles. The van der Waals surface area contributed by atoms with E-state index in [0.717, 1.165) is 30.3 Å². The molecule has 0 aliphatic carbocycles. The van der Waals surface area contributed by atoms with Gasteiger partial charge < -0.3 is 19.7 Å². The minimum atomic E-state index is -1.26. The number of nitrogens with one attached hydrogen (secondary N) is 1. The van der Waals surface area contributed by atoms with Crippen molar-refractivity contribution in [2.45, 2.75) is 65.8 Å². The number of hydrogen-bond acceptors (Lipinski definition) is 8. The maximum Gasteiger partial charge on any atom is 0.336 e. The third-order valence-electron chi connectivity index (χ3n) is 7.24. The van der Waals surface area contributed by atoms with Crippen molar-refractivity contribution in [2.75, 3.05) is 27.3 Å². The van der Waals surface area contributed by atoms with E-state index in [-0.39, 0.29) is 29.0 Å². The first kappa shape index (κ1) is 33.5. The van der Waals surface area contributed by atoms with E-state index in [1.54, 1.807) is 0 Å². The van der Waals surface area contributed by atoms with Gasteiger partial charge in [-0.05, 0) is 31.5 Å². The number of non-ortho nitro benzene ring substituents is 1. The third kappa shape index (κ3) is 8.50. The van der Waals surface area contributed by atoms with Crippen LogP contribution in [0, 0.1) is 21.3 Å². The number of nitro benzene ring substituents is 1. The lowest BCUT2D eigenvalue weighted by molar-refractivity contribution is -0.385. The SMILES string of the molecule is CCCC1=C(C(=O)OC)C(c2cc([N+](=O)[O-])ccc2F)C(C(=O)OCC(C)(C)CN(C)Cc2ccccc2)=C(CCC)N1. The lowest BCUT2D eigenvalue weighted by Crippen LogP contribution is -2.37. The van der Waals surface area contributed by atoms with Gasteiger partial charge in [-0.1, -0.05) is 70.9 Å². The first-order valence-corrected chi connectivity index (χ1v) is 14.6. The normalized spacial score (nSPS) is 15.4. The average molecular weight is 596 g/mol. The summed E-state index contributed by atoms with van der Waals surface area (Å²) in [5.74, 6) is -3.51. The first-order valence-electron chi connectivity index (χ1n) is 14.6. The summed E-state index contributed by atoms with van der Waals surface area (Å²) in [6.07, 6.45) is 2.14. The summed E-state index contributed by atoms with van der Waals surface area (Å²) in [5.41, 5.74) is 1.27. The smallest absolute Gasteiger partial charge is 0.336 e. The summed E-state index contributed by atoms with van der Waals surface area (Å²) in [5, 5.41) is 14.9. The number of hydrogen-bond donors (Lipinski definition) is 1. The van der Waals surface area contributed by atoms with Crippen molar-refractivity contribution in [3.05, 3.63) is 98.1 Å². The topological polar surface area (TPSA) is 111 Å². The van der Waals surface area contributed by atoms with Gasteiger partial charge in [0.05, 0.1) is 35.7 Å². The van der Waals surface area contributed by atoms with Gasteiger partial charge in [0.1, 0.15) is 5.82 Å². The van der Waals surface area contributed by atoms with Crippen LogP contribution in [0.25, 0.3) is 0 Å². The molecule has 1 aliphatic heterocycles. The number of carbonyl (C=O) groups excluding carboxylic acids is 2. The highest BCUT2D eigenvalue weighted by Gasteiger charge is 2.41. The Labute approximate surface area is 252 Å². The molecule has 0 aromatic heterocycles. The van der Waals surface area contributed by atoms with E-state index in [2.05, 4.69) is 10.2 Å². The fraction of sp³-hybridized carbons (Fsp3) is 0.455. The minimum Gasteiger partial charge on any atom is -0.466 e. The molecule has 1 unspecified atom stereocenters. The van der Waals surface area contributed by atoms with Crippen molar-refractivity contribution >= 4 is 17.6 Å². The second kappa shape index (κ2) is 14.9. The van der Waals surface area contributed by atoms with Crippen molar-refractivity contribution < 1.29 is 28.4 Å². The van der Waals surface area contributed by atoms with Gasteiger partial charge in [-0.2, -0.15) is 0 Å². The maximum atomic E-state index is 15.5. The van der Waals surface area contributed by atoms with E-state index in [4.69, 9.17) is 9.47 Å². The second-order valence-corrected chi connectivity index (χ2v) is 11.7. The standard InChI is InChI=1S/C33H42FN3O6/c1-7-12-26-29(31(38)42-6)28(24-18-23(37(40)41)16-17-25(24)34)30(27(35-26)13-8-2)32(39)43-21-33(3,4)20-36(5)19-22-14-10-9-11-15-22/h9-11,14-18,28,35H,7-8,12-13,19-21H2,1-6H3. The number of nitrogens with zero attached hydrogens (tertiary/aromatic N) is 2. The van der Waals surface area contributed by atoms with E-state index in [1.807, 2.05) is 65.1 Å². The van der Waals surface area contributed by atoms with Crippen molar-refractivity contribution in [3.8, 4) is 0 Å². The predicted octanol–water partition coefficient (Wildman–Crippen LogP) is 6.40. The van der Waals surface area contributed by atoms with Gasteiger partial charge in [-0.25, -0.2) is 14.0 Å². The summed E-state index contributed by atoms with van der Waals surface area (Å²) in [6, 6.07) is 13.2. The average Bonchev–Trinajstić information content (AvgIpc) is 2.96. The van der Waals surface area contributed by atoms with E-state index < -0.39 is 34.0 Å². The number of rotatable bonds is 14. The van der Waals surface area contributed by atoms with Crippen LogP contribution in [0.1, 0.15) is 70.4 Å². The molecule has 1 heterocycles. The number of ether oxygens (including phenoxy) is 2. The van der Waals surface area contributed by atoms with E-state index in [1.165, 1.54) is 7.11 Å². The Balaban J connectivity index is 2.02. The molecule has 1 N–H and O–H groups in total. The number of halogens is 1. The van der Waals surface area contributed by atoms with Crippen LogP contribution >= 0.6 is 0 Å². The molecule has 0 bridgehead atoms. The number of methoxy groups -OCH3 is 1. The molecule has 0 radical (unpaired) electrons. The molecular weight excluding hydrogens is 553 g/mol.